The van der Waals surface area contributed by atoms with Crippen molar-refractivity contribution in [1.29, 1.82) is 0 Å². The largest absolute Gasteiger partial charge is 0.388 e. The van der Waals surface area contributed by atoms with Crippen molar-refractivity contribution in [2.75, 3.05) is 0 Å². The lowest BCUT2D eigenvalue weighted by Crippen LogP contribution is -2.25. The van der Waals surface area contributed by atoms with E-state index < -0.39 is 6.10 Å². The predicted molar refractivity (Wildman–Crippen MR) is 66.1 cm³/mol. The molecule has 1 aromatic carbocycles. The molecular weight excluding hydrogens is 268 g/mol. The topological polar surface area (TPSA) is 37.3 Å². The Kier molecular flexibility index (Phi) is 3.77. The van der Waals surface area contributed by atoms with Gasteiger partial charge in [0, 0.05) is 16.8 Å². The van der Waals surface area contributed by atoms with Crippen molar-refractivity contribution in [1.82, 2.24) is 0 Å². The Morgan fingerprint density at radius 3 is 2.56 bits per heavy atom. The highest BCUT2D eigenvalue weighted by atomic mass is 79.9. The quantitative estimate of drug-likeness (QED) is 0.904. The first-order chi connectivity index (χ1) is 7.68. The summed E-state index contributed by atoms with van der Waals surface area (Å²) in [5, 5.41) is 10.2. The van der Waals surface area contributed by atoms with Crippen molar-refractivity contribution in [3.63, 3.8) is 0 Å². The Balaban J connectivity index is 2.14. The Morgan fingerprint density at radius 2 is 1.94 bits per heavy atom. The molecule has 0 heterocycles. The third kappa shape index (κ3) is 2.53. The maximum atomic E-state index is 11.7. The Hall–Kier alpha value is -0.670. The molecule has 1 N–H and O–H groups in total. The third-order valence-corrected chi connectivity index (χ3v) is 3.72. The van der Waals surface area contributed by atoms with Gasteiger partial charge in [0.2, 0.25) is 0 Å². The molecule has 0 spiro atoms. The van der Waals surface area contributed by atoms with Gasteiger partial charge in [-0.05, 0) is 30.5 Å². The monoisotopic (exact) mass is 282 g/mol. The first kappa shape index (κ1) is 11.8. The van der Waals surface area contributed by atoms with Gasteiger partial charge in [-0.3, -0.25) is 4.79 Å². The molecule has 0 radical (unpaired) electrons. The van der Waals surface area contributed by atoms with Crippen LogP contribution in [0.15, 0.2) is 28.7 Å². The number of aliphatic hydroxyl groups is 1. The molecule has 1 saturated carbocycles. The van der Waals surface area contributed by atoms with Gasteiger partial charge in [-0.2, -0.15) is 0 Å². The number of ketones is 1. The van der Waals surface area contributed by atoms with Gasteiger partial charge in [0.15, 0.2) is 0 Å². The number of hydrogen-bond acceptors (Lipinski definition) is 2. The molecule has 3 heteroatoms. The first-order valence-electron chi connectivity index (χ1n) is 5.65. The second-order valence-electron chi connectivity index (χ2n) is 4.31. The van der Waals surface area contributed by atoms with E-state index in [0.29, 0.717) is 6.42 Å². The zero-order valence-electron chi connectivity index (χ0n) is 9.03. The molecule has 0 aliphatic heterocycles. The number of rotatable bonds is 2. The van der Waals surface area contributed by atoms with Crippen LogP contribution in [-0.4, -0.2) is 10.9 Å². The number of benzene rings is 1. The van der Waals surface area contributed by atoms with Crippen LogP contribution in [0.4, 0.5) is 0 Å². The van der Waals surface area contributed by atoms with E-state index in [1.54, 1.807) is 0 Å². The average molecular weight is 283 g/mol. The molecule has 0 aromatic heterocycles. The summed E-state index contributed by atoms with van der Waals surface area (Å²) < 4.78 is 0.985. The lowest BCUT2D eigenvalue weighted by molar-refractivity contribution is -0.128. The standard InChI is InChI=1S/C13H15BrO2/c14-10-7-5-9(6-8-10)13(16)11-3-1-2-4-12(11)15/h5-8,11,13,16H,1-4H2/t11?,13-/m1/s1. The van der Waals surface area contributed by atoms with Gasteiger partial charge in [0.05, 0.1) is 6.10 Å². The smallest absolute Gasteiger partial charge is 0.138 e. The summed E-state index contributed by atoms with van der Waals surface area (Å²) >= 11 is 3.35. The molecule has 1 fully saturated rings. The molecule has 1 aliphatic rings. The molecule has 16 heavy (non-hydrogen) atoms. The lowest BCUT2D eigenvalue weighted by atomic mass is 9.82. The molecule has 86 valence electrons. The fourth-order valence-corrected chi connectivity index (χ4v) is 2.50. The highest BCUT2D eigenvalue weighted by Gasteiger charge is 2.29. The van der Waals surface area contributed by atoms with Gasteiger partial charge >= 0.3 is 0 Å². The lowest BCUT2D eigenvalue weighted by Gasteiger charge is -2.25. The molecule has 0 bridgehead atoms. The van der Waals surface area contributed by atoms with Crippen molar-refractivity contribution in [3.05, 3.63) is 34.3 Å². The van der Waals surface area contributed by atoms with Crippen molar-refractivity contribution in [2.24, 2.45) is 5.92 Å². The fourth-order valence-electron chi connectivity index (χ4n) is 2.24. The molecule has 2 rings (SSSR count). The van der Waals surface area contributed by atoms with E-state index in [1.165, 1.54) is 0 Å². The Labute approximate surface area is 104 Å². The summed E-state index contributed by atoms with van der Waals surface area (Å²) in [5.41, 5.74) is 0.837. The SMILES string of the molecule is O=C1CCCCC1[C@H](O)c1ccc(Br)cc1. The highest BCUT2D eigenvalue weighted by molar-refractivity contribution is 9.10. The van der Waals surface area contributed by atoms with Gasteiger partial charge in [-0.15, -0.1) is 0 Å². The summed E-state index contributed by atoms with van der Waals surface area (Å²) in [5.74, 6) is 0.0107. The summed E-state index contributed by atoms with van der Waals surface area (Å²) in [6, 6.07) is 7.53. The number of hydrogen-bond donors (Lipinski definition) is 1. The third-order valence-electron chi connectivity index (χ3n) is 3.19. The van der Waals surface area contributed by atoms with E-state index in [-0.39, 0.29) is 11.7 Å². The van der Waals surface area contributed by atoms with Crippen LogP contribution in [0.1, 0.15) is 37.4 Å². The van der Waals surface area contributed by atoms with Crippen molar-refractivity contribution >= 4 is 21.7 Å². The zero-order chi connectivity index (χ0) is 11.5. The second kappa shape index (κ2) is 5.11. The summed E-state index contributed by atoms with van der Waals surface area (Å²) in [6.45, 7) is 0. The van der Waals surface area contributed by atoms with Crippen molar-refractivity contribution in [2.45, 2.75) is 31.8 Å². The molecule has 2 atom stereocenters. The van der Waals surface area contributed by atoms with Crippen LogP contribution in [-0.2, 0) is 4.79 Å². The molecule has 1 aliphatic carbocycles. The number of carbonyl (C=O) groups is 1. The minimum atomic E-state index is -0.638. The van der Waals surface area contributed by atoms with Crippen LogP contribution in [0.2, 0.25) is 0 Å². The molecule has 0 amide bonds. The normalized spacial score (nSPS) is 23.1. The van der Waals surface area contributed by atoms with Crippen molar-refractivity contribution in [3.8, 4) is 0 Å². The minimum Gasteiger partial charge on any atom is -0.388 e. The maximum Gasteiger partial charge on any atom is 0.138 e. The van der Waals surface area contributed by atoms with Crippen LogP contribution in [0.3, 0.4) is 0 Å². The van der Waals surface area contributed by atoms with Crippen LogP contribution in [0.25, 0.3) is 0 Å². The van der Waals surface area contributed by atoms with E-state index in [1.807, 2.05) is 24.3 Å². The van der Waals surface area contributed by atoms with Crippen LogP contribution in [0, 0.1) is 5.92 Å². The average Bonchev–Trinajstić information content (AvgIpc) is 2.30. The molecular formula is C13H15BrO2. The summed E-state index contributed by atoms with van der Waals surface area (Å²) in [4.78, 5) is 11.7. The van der Waals surface area contributed by atoms with E-state index in [0.717, 1.165) is 29.3 Å². The minimum absolute atomic E-state index is 0.199. The fraction of sp³-hybridized carbons (Fsp3) is 0.462. The Morgan fingerprint density at radius 1 is 1.25 bits per heavy atom. The van der Waals surface area contributed by atoms with Gasteiger partial charge in [-0.1, -0.05) is 34.5 Å². The van der Waals surface area contributed by atoms with E-state index in [9.17, 15) is 9.90 Å². The predicted octanol–water partition coefficient (Wildman–Crippen LogP) is 3.24. The zero-order valence-corrected chi connectivity index (χ0v) is 10.6. The van der Waals surface area contributed by atoms with Gasteiger partial charge in [0.25, 0.3) is 0 Å². The second-order valence-corrected chi connectivity index (χ2v) is 5.23. The van der Waals surface area contributed by atoms with E-state index >= 15 is 0 Å². The first-order valence-corrected chi connectivity index (χ1v) is 6.44. The Bertz CT molecular complexity index is 372. The summed E-state index contributed by atoms with van der Waals surface area (Å²) in [6.07, 6.45) is 2.82. The molecule has 2 nitrogen and oxygen atoms in total. The van der Waals surface area contributed by atoms with Crippen LogP contribution >= 0.6 is 15.9 Å². The van der Waals surface area contributed by atoms with Gasteiger partial charge < -0.3 is 5.11 Å². The molecule has 1 aromatic rings. The number of aliphatic hydroxyl groups excluding tert-OH is 1. The number of Topliss-reactive ketones (excluding diaryl/α,β-unsaturated/α-hetero) is 1. The van der Waals surface area contributed by atoms with Crippen molar-refractivity contribution < 1.29 is 9.90 Å². The van der Waals surface area contributed by atoms with Crippen LogP contribution in [0.5, 0.6) is 0 Å². The van der Waals surface area contributed by atoms with E-state index in [2.05, 4.69) is 15.9 Å². The molecule has 1 unspecified atom stereocenters. The maximum absolute atomic E-state index is 11.7. The number of halogens is 1. The number of carbonyl (C=O) groups excluding carboxylic acids is 1. The van der Waals surface area contributed by atoms with Crippen LogP contribution < -0.4 is 0 Å². The highest BCUT2D eigenvalue weighted by Crippen LogP contribution is 2.32. The molecule has 0 saturated heterocycles. The summed E-state index contributed by atoms with van der Waals surface area (Å²) in [7, 11) is 0. The van der Waals surface area contributed by atoms with Gasteiger partial charge in [-0.25, -0.2) is 0 Å². The van der Waals surface area contributed by atoms with Gasteiger partial charge in [0.1, 0.15) is 5.78 Å². The van der Waals surface area contributed by atoms with E-state index in [4.69, 9.17) is 0 Å².